The second-order valence-electron chi connectivity index (χ2n) is 6.75. The number of nitrogens with one attached hydrogen (secondary N) is 2. The van der Waals surface area contributed by atoms with Crippen LogP contribution < -0.4 is 10.6 Å². The van der Waals surface area contributed by atoms with Crippen molar-refractivity contribution in [2.45, 2.75) is 43.8 Å². The van der Waals surface area contributed by atoms with Gasteiger partial charge in [0.25, 0.3) is 0 Å². The van der Waals surface area contributed by atoms with E-state index >= 15 is 0 Å². The minimum Gasteiger partial charge on any atom is -0.317 e. The van der Waals surface area contributed by atoms with E-state index in [-0.39, 0.29) is 30.7 Å². The molecule has 9 heteroatoms. The van der Waals surface area contributed by atoms with E-state index < -0.39 is 20.5 Å². The summed E-state index contributed by atoms with van der Waals surface area (Å²) in [6, 6.07) is 0. The van der Waals surface area contributed by atoms with Gasteiger partial charge in [0.05, 0.1) is 0 Å². The Morgan fingerprint density at radius 1 is 1.35 bits per heavy atom. The second kappa shape index (κ2) is 7.04. The van der Waals surface area contributed by atoms with Gasteiger partial charge >= 0.3 is 0 Å². The summed E-state index contributed by atoms with van der Waals surface area (Å²) in [6.07, 6.45) is 3.44. The summed E-state index contributed by atoms with van der Waals surface area (Å²) in [6.45, 7) is 7.24. The third-order valence-electron chi connectivity index (χ3n) is 4.00. The lowest BCUT2D eigenvalue weighted by Gasteiger charge is -2.33. The molecule has 2 rings (SSSR count). The quantitative estimate of drug-likeness (QED) is 0.835. The molecule has 0 saturated carbocycles. The fourth-order valence-electron chi connectivity index (χ4n) is 2.49. The minimum absolute atomic E-state index is 0. The zero-order valence-electron chi connectivity index (χ0n) is 13.8. The van der Waals surface area contributed by atoms with Crippen LogP contribution in [0.5, 0.6) is 0 Å². The van der Waals surface area contributed by atoms with Gasteiger partial charge in [-0.15, -0.1) is 23.7 Å². The molecule has 132 valence electrons. The third kappa shape index (κ3) is 4.23. The van der Waals surface area contributed by atoms with Crippen molar-refractivity contribution in [1.82, 2.24) is 10.3 Å². The van der Waals surface area contributed by atoms with Crippen LogP contribution in [0, 0.1) is 0 Å². The van der Waals surface area contributed by atoms with Gasteiger partial charge in [-0.05, 0) is 31.3 Å². The maximum Gasteiger partial charge on any atom is 0.247 e. The van der Waals surface area contributed by atoms with Gasteiger partial charge in [-0.3, -0.25) is 4.79 Å². The summed E-state index contributed by atoms with van der Waals surface area (Å²) >= 11 is 1.39. The SMILES string of the molecule is CC(C)(C)c1cnc(NC(=O)C2(S(C)(=O)=O)CCNCC2)s1.Cl. The summed E-state index contributed by atoms with van der Waals surface area (Å²) in [5, 5.41) is 6.26. The molecule has 1 saturated heterocycles. The maximum absolute atomic E-state index is 12.6. The molecule has 0 spiro atoms. The summed E-state index contributed by atoms with van der Waals surface area (Å²) in [7, 11) is -3.50. The number of anilines is 1. The van der Waals surface area contributed by atoms with Gasteiger partial charge in [-0.25, -0.2) is 13.4 Å². The molecule has 1 fully saturated rings. The molecule has 0 bridgehead atoms. The monoisotopic (exact) mass is 381 g/mol. The molecule has 6 nitrogen and oxygen atoms in total. The Kier molecular flexibility index (Phi) is 6.23. The first-order chi connectivity index (χ1) is 10.1. The first kappa shape index (κ1) is 20.3. The number of sulfone groups is 1. The summed E-state index contributed by atoms with van der Waals surface area (Å²) in [5.74, 6) is -0.466. The van der Waals surface area contributed by atoms with Crippen LogP contribution in [-0.4, -0.2) is 43.4 Å². The van der Waals surface area contributed by atoms with Crippen LogP contribution in [0.2, 0.25) is 0 Å². The van der Waals surface area contributed by atoms with E-state index in [1.54, 1.807) is 6.20 Å². The topological polar surface area (TPSA) is 88.2 Å². The Balaban J connectivity index is 0.00000264. The predicted molar refractivity (Wildman–Crippen MR) is 96.4 cm³/mol. The lowest BCUT2D eigenvalue weighted by atomic mass is 9.96. The molecule has 1 aromatic rings. The van der Waals surface area contributed by atoms with Gasteiger partial charge in [0.15, 0.2) is 19.7 Å². The van der Waals surface area contributed by atoms with Crippen LogP contribution >= 0.6 is 23.7 Å². The molecule has 0 aromatic carbocycles. The van der Waals surface area contributed by atoms with E-state index in [1.807, 2.05) is 0 Å². The number of halogens is 1. The average molecular weight is 382 g/mol. The number of hydrogen-bond acceptors (Lipinski definition) is 6. The van der Waals surface area contributed by atoms with E-state index in [0.29, 0.717) is 18.2 Å². The second-order valence-corrected chi connectivity index (χ2v) is 10.1. The molecule has 1 aromatic heterocycles. The van der Waals surface area contributed by atoms with Crippen LogP contribution in [-0.2, 0) is 20.0 Å². The summed E-state index contributed by atoms with van der Waals surface area (Å²) in [4.78, 5) is 17.9. The van der Waals surface area contributed by atoms with Crippen molar-refractivity contribution >= 4 is 44.6 Å². The highest BCUT2D eigenvalue weighted by molar-refractivity contribution is 7.92. The highest BCUT2D eigenvalue weighted by Gasteiger charge is 2.48. The molecule has 1 amide bonds. The highest BCUT2D eigenvalue weighted by atomic mass is 35.5. The van der Waals surface area contributed by atoms with E-state index in [0.717, 1.165) is 11.1 Å². The fraction of sp³-hybridized carbons (Fsp3) is 0.714. The molecule has 1 aliphatic heterocycles. The molecule has 0 atom stereocenters. The standard InChI is InChI=1S/C14H23N3O3S2.ClH/c1-13(2,3)10-9-16-12(21-10)17-11(18)14(22(4,19)20)5-7-15-8-6-14;/h9,15H,5-8H2,1-4H3,(H,16,17,18);1H. The fourth-order valence-corrected chi connectivity index (χ4v) is 4.69. The van der Waals surface area contributed by atoms with Gasteiger partial charge in [0.2, 0.25) is 5.91 Å². The van der Waals surface area contributed by atoms with E-state index in [4.69, 9.17) is 0 Å². The van der Waals surface area contributed by atoms with Crippen LogP contribution in [0.25, 0.3) is 0 Å². The Hall–Kier alpha value is -0.700. The van der Waals surface area contributed by atoms with Crippen molar-refractivity contribution in [3.05, 3.63) is 11.1 Å². The predicted octanol–water partition coefficient (Wildman–Crippen LogP) is 1.97. The number of piperidine rings is 1. The first-order valence-electron chi connectivity index (χ1n) is 7.24. The normalized spacial score (nSPS) is 18.1. The van der Waals surface area contributed by atoms with Crippen molar-refractivity contribution in [2.75, 3.05) is 24.7 Å². The molecule has 1 aliphatic rings. The summed E-state index contributed by atoms with van der Waals surface area (Å²) < 4.78 is 23.0. The van der Waals surface area contributed by atoms with E-state index in [1.165, 1.54) is 11.3 Å². The molecular weight excluding hydrogens is 358 g/mol. The molecule has 2 heterocycles. The number of rotatable bonds is 3. The minimum atomic E-state index is -3.50. The van der Waals surface area contributed by atoms with E-state index in [2.05, 4.69) is 36.4 Å². The van der Waals surface area contributed by atoms with E-state index in [9.17, 15) is 13.2 Å². The number of carbonyl (C=O) groups is 1. The Labute approximate surface area is 147 Å². The average Bonchev–Trinajstić information content (AvgIpc) is 2.86. The zero-order valence-corrected chi connectivity index (χ0v) is 16.3. The largest absolute Gasteiger partial charge is 0.317 e. The van der Waals surface area contributed by atoms with Crippen molar-refractivity contribution in [3.63, 3.8) is 0 Å². The summed E-state index contributed by atoms with van der Waals surface area (Å²) in [5.41, 5.74) is -0.0517. The lowest BCUT2D eigenvalue weighted by molar-refractivity contribution is -0.119. The number of aromatic nitrogens is 1. The van der Waals surface area contributed by atoms with Gasteiger partial charge in [-0.2, -0.15) is 0 Å². The van der Waals surface area contributed by atoms with Crippen LogP contribution in [0.1, 0.15) is 38.5 Å². The number of thiazole rings is 1. The van der Waals surface area contributed by atoms with Crippen molar-refractivity contribution in [1.29, 1.82) is 0 Å². The lowest BCUT2D eigenvalue weighted by Crippen LogP contribution is -2.55. The number of amides is 1. The van der Waals surface area contributed by atoms with Crippen LogP contribution in [0.15, 0.2) is 6.20 Å². The van der Waals surface area contributed by atoms with Crippen molar-refractivity contribution in [3.8, 4) is 0 Å². The zero-order chi connectivity index (χ0) is 16.6. The van der Waals surface area contributed by atoms with Crippen molar-refractivity contribution < 1.29 is 13.2 Å². The molecule has 0 radical (unpaired) electrons. The van der Waals surface area contributed by atoms with Gasteiger partial charge < -0.3 is 10.6 Å². The van der Waals surface area contributed by atoms with Crippen LogP contribution in [0.4, 0.5) is 5.13 Å². The first-order valence-corrected chi connectivity index (χ1v) is 9.95. The molecular formula is C14H24ClN3O3S2. The van der Waals surface area contributed by atoms with Crippen molar-refractivity contribution in [2.24, 2.45) is 0 Å². The Bertz CT molecular complexity index is 659. The van der Waals surface area contributed by atoms with Crippen LogP contribution in [0.3, 0.4) is 0 Å². The number of carbonyl (C=O) groups excluding carboxylic acids is 1. The molecule has 0 aliphatic carbocycles. The highest BCUT2D eigenvalue weighted by Crippen LogP contribution is 2.33. The maximum atomic E-state index is 12.6. The molecule has 2 N–H and O–H groups in total. The Morgan fingerprint density at radius 2 is 1.91 bits per heavy atom. The van der Waals surface area contributed by atoms with Gasteiger partial charge in [0.1, 0.15) is 0 Å². The Morgan fingerprint density at radius 3 is 2.35 bits per heavy atom. The van der Waals surface area contributed by atoms with Gasteiger partial charge in [0, 0.05) is 17.3 Å². The molecule has 0 unspecified atom stereocenters. The number of hydrogen-bond donors (Lipinski definition) is 2. The number of nitrogens with zero attached hydrogens (tertiary/aromatic N) is 1. The smallest absolute Gasteiger partial charge is 0.247 e. The van der Waals surface area contributed by atoms with Gasteiger partial charge in [-0.1, -0.05) is 20.8 Å². The molecule has 23 heavy (non-hydrogen) atoms. The third-order valence-corrected chi connectivity index (χ3v) is 7.35.